The number of carbonyl (C=O) groups is 1. The minimum atomic E-state index is -2.88. The van der Waals surface area contributed by atoms with Crippen LogP contribution in [-0.2, 0) is 11.2 Å². The summed E-state index contributed by atoms with van der Waals surface area (Å²) in [6, 6.07) is 4.50. The number of halogens is 2. The van der Waals surface area contributed by atoms with Crippen LogP contribution < -0.4 is 0 Å². The SMILES string of the molecule is CCc1ccc(C(=O)OC)c(C(F)F)c1C#N. The van der Waals surface area contributed by atoms with Gasteiger partial charge in [-0.1, -0.05) is 13.0 Å². The third kappa shape index (κ3) is 2.41. The monoisotopic (exact) mass is 239 g/mol. The molecule has 0 amide bonds. The van der Waals surface area contributed by atoms with E-state index >= 15 is 0 Å². The first kappa shape index (κ1) is 13.1. The molecule has 0 N–H and O–H groups in total. The molecule has 3 nitrogen and oxygen atoms in total. The zero-order chi connectivity index (χ0) is 13.0. The average molecular weight is 239 g/mol. The Morgan fingerprint density at radius 2 is 2.18 bits per heavy atom. The maximum atomic E-state index is 12.9. The molecule has 0 heterocycles. The van der Waals surface area contributed by atoms with Crippen LogP contribution >= 0.6 is 0 Å². The van der Waals surface area contributed by atoms with E-state index in [4.69, 9.17) is 5.26 Å². The quantitative estimate of drug-likeness (QED) is 0.762. The molecule has 0 saturated carbocycles. The van der Waals surface area contributed by atoms with Gasteiger partial charge in [-0.3, -0.25) is 0 Å². The summed E-state index contributed by atoms with van der Waals surface area (Å²) in [5, 5.41) is 8.92. The lowest BCUT2D eigenvalue weighted by atomic mass is 9.95. The van der Waals surface area contributed by atoms with Gasteiger partial charge in [-0.25, -0.2) is 13.6 Å². The number of ether oxygens (including phenoxy) is 1. The number of aryl methyl sites for hydroxylation is 1. The molecule has 0 saturated heterocycles. The van der Waals surface area contributed by atoms with Crippen molar-refractivity contribution in [1.82, 2.24) is 0 Å². The van der Waals surface area contributed by atoms with Crippen molar-refractivity contribution >= 4 is 5.97 Å². The second kappa shape index (κ2) is 5.39. The van der Waals surface area contributed by atoms with Gasteiger partial charge in [-0.2, -0.15) is 5.26 Å². The second-order valence-electron chi connectivity index (χ2n) is 3.32. The Hall–Kier alpha value is -1.96. The van der Waals surface area contributed by atoms with E-state index in [0.29, 0.717) is 12.0 Å². The molecule has 0 spiro atoms. The van der Waals surface area contributed by atoms with Crippen LogP contribution in [0.1, 0.15) is 40.4 Å². The Balaban J connectivity index is 3.55. The maximum absolute atomic E-state index is 12.9. The Kier molecular flexibility index (Phi) is 4.16. The highest BCUT2D eigenvalue weighted by Crippen LogP contribution is 2.29. The fourth-order valence-corrected chi connectivity index (χ4v) is 1.61. The molecule has 0 unspecified atom stereocenters. The van der Waals surface area contributed by atoms with Gasteiger partial charge >= 0.3 is 5.97 Å². The zero-order valence-corrected chi connectivity index (χ0v) is 9.46. The van der Waals surface area contributed by atoms with Gasteiger partial charge in [-0.05, 0) is 18.1 Å². The number of nitrogens with zero attached hydrogens (tertiary/aromatic N) is 1. The van der Waals surface area contributed by atoms with E-state index in [0.717, 1.165) is 7.11 Å². The fourth-order valence-electron chi connectivity index (χ4n) is 1.61. The summed E-state index contributed by atoms with van der Waals surface area (Å²) in [5.74, 6) is -0.862. The van der Waals surface area contributed by atoms with Gasteiger partial charge in [0.05, 0.1) is 29.9 Å². The van der Waals surface area contributed by atoms with Crippen molar-refractivity contribution < 1.29 is 18.3 Å². The molecule has 0 aliphatic carbocycles. The van der Waals surface area contributed by atoms with Gasteiger partial charge in [0.1, 0.15) is 0 Å². The normalized spacial score (nSPS) is 10.1. The lowest BCUT2D eigenvalue weighted by Gasteiger charge is -2.11. The van der Waals surface area contributed by atoms with Crippen LogP contribution in [0, 0.1) is 11.3 Å². The van der Waals surface area contributed by atoms with Crippen LogP contribution in [0.25, 0.3) is 0 Å². The molecule has 0 bridgehead atoms. The summed E-state index contributed by atoms with van der Waals surface area (Å²) in [7, 11) is 1.11. The number of hydrogen-bond donors (Lipinski definition) is 0. The van der Waals surface area contributed by atoms with E-state index in [9.17, 15) is 13.6 Å². The summed E-state index contributed by atoms with van der Waals surface area (Å²) < 4.78 is 30.3. The minimum Gasteiger partial charge on any atom is -0.465 e. The summed E-state index contributed by atoms with van der Waals surface area (Å²) in [5.41, 5.74) is -0.434. The number of nitriles is 1. The van der Waals surface area contributed by atoms with E-state index < -0.39 is 18.0 Å². The third-order valence-corrected chi connectivity index (χ3v) is 2.45. The number of alkyl halides is 2. The Bertz CT molecular complexity index is 478. The Morgan fingerprint density at radius 3 is 2.59 bits per heavy atom. The third-order valence-electron chi connectivity index (χ3n) is 2.45. The van der Waals surface area contributed by atoms with Crippen molar-refractivity contribution in [2.45, 2.75) is 19.8 Å². The second-order valence-corrected chi connectivity index (χ2v) is 3.32. The lowest BCUT2D eigenvalue weighted by molar-refractivity contribution is 0.0589. The first-order chi connectivity index (χ1) is 8.06. The maximum Gasteiger partial charge on any atom is 0.338 e. The summed E-state index contributed by atoms with van der Waals surface area (Å²) in [6.45, 7) is 1.75. The molecular formula is C12H11F2NO2. The highest BCUT2D eigenvalue weighted by molar-refractivity contribution is 5.92. The van der Waals surface area contributed by atoms with Gasteiger partial charge in [0.25, 0.3) is 6.43 Å². The van der Waals surface area contributed by atoms with Gasteiger partial charge in [-0.15, -0.1) is 0 Å². The van der Waals surface area contributed by atoms with Crippen molar-refractivity contribution in [1.29, 1.82) is 5.26 Å². The van der Waals surface area contributed by atoms with Gasteiger partial charge in [0.15, 0.2) is 0 Å². The van der Waals surface area contributed by atoms with Gasteiger partial charge < -0.3 is 4.74 Å². The molecule has 17 heavy (non-hydrogen) atoms. The predicted molar refractivity (Wildman–Crippen MR) is 56.8 cm³/mol. The first-order valence-electron chi connectivity index (χ1n) is 4.99. The molecule has 1 aromatic rings. The number of rotatable bonds is 3. The lowest BCUT2D eigenvalue weighted by Crippen LogP contribution is -2.09. The molecule has 0 aliphatic heterocycles. The molecule has 0 fully saturated rings. The molecule has 0 aliphatic rings. The summed E-state index contributed by atoms with van der Waals surface area (Å²) in [6.07, 6.45) is -2.44. The molecule has 5 heteroatoms. The Morgan fingerprint density at radius 1 is 1.53 bits per heavy atom. The van der Waals surface area contributed by atoms with E-state index in [-0.39, 0.29) is 11.1 Å². The van der Waals surface area contributed by atoms with Crippen LogP contribution in [0.15, 0.2) is 12.1 Å². The van der Waals surface area contributed by atoms with E-state index in [1.165, 1.54) is 12.1 Å². The number of hydrogen-bond acceptors (Lipinski definition) is 3. The predicted octanol–water partition coefficient (Wildman–Crippen LogP) is 2.84. The standard InChI is InChI=1S/C12H11F2NO2/c1-3-7-4-5-8(12(16)17-2)10(11(13)14)9(7)6-15/h4-5,11H,3H2,1-2H3. The van der Waals surface area contributed by atoms with Crippen LogP contribution in [0.4, 0.5) is 8.78 Å². The number of esters is 1. The average Bonchev–Trinajstić information content (AvgIpc) is 2.35. The fraction of sp³-hybridized carbons (Fsp3) is 0.333. The molecular weight excluding hydrogens is 228 g/mol. The van der Waals surface area contributed by atoms with Crippen molar-refractivity contribution in [3.8, 4) is 6.07 Å². The molecule has 0 atom stereocenters. The molecule has 1 aromatic carbocycles. The van der Waals surface area contributed by atoms with Crippen molar-refractivity contribution in [2.75, 3.05) is 7.11 Å². The molecule has 0 aromatic heterocycles. The van der Waals surface area contributed by atoms with Crippen LogP contribution in [0.2, 0.25) is 0 Å². The van der Waals surface area contributed by atoms with Crippen molar-refractivity contribution in [3.05, 3.63) is 34.4 Å². The zero-order valence-electron chi connectivity index (χ0n) is 9.46. The highest BCUT2D eigenvalue weighted by Gasteiger charge is 2.24. The number of carbonyl (C=O) groups excluding carboxylic acids is 1. The summed E-state index contributed by atoms with van der Waals surface area (Å²) >= 11 is 0. The van der Waals surface area contributed by atoms with E-state index in [1.807, 2.05) is 0 Å². The smallest absolute Gasteiger partial charge is 0.338 e. The minimum absolute atomic E-state index is 0.134. The highest BCUT2D eigenvalue weighted by atomic mass is 19.3. The van der Waals surface area contributed by atoms with E-state index in [2.05, 4.69) is 4.74 Å². The number of methoxy groups -OCH3 is 1. The van der Waals surface area contributed by atoms with Crippen LogP contribution in [-0.4, -0.2) is 13.1 Å². The van der Waals surface area contributed by atoms with Crippen LogP contribution in [0.5, 0.6) is 0 Å². The van der Waals surface area contributed by atoms with Crippen LogP contribution in [0.3, 0.4) is 0 Å². The molecule has 0 radical (unpaired) electrons. The van der Waals surface area contributed by atoms with Crippen molar-refractivity contribution in [2.24, 2.45) is 0 Å². The number of benzene rings is 1. The summed E-state index contributed by atoms with van der Waals surface area (Å²) in [4.78, 5) is 11.3. The molecule has 1 rings (SSSR count). The van der Waals surface area contributed by atoms with Gasteiger partial charge in [0, 0.05) is 0 Å². The Labute approximate surface area is 97.6 Å². The van der Waals surface area contributed by atoms with E-state index in [1.54, 1.807) is 13.0 Å². The largest absolute Gasteiger partial charge is 0.465 e. The van der Waals surface area contributed by atoms with Crippen molar-refractivity contribution in [3.63, 3.8) is 0 Å². The first-order valence-corrected chi connectivity index (χ1v) is 4.99. The van der Waals surface area contributed by atoms with Gasteiger partial charge in [0.2, 0.25) is 0 Å². The molecule has 90 valence electrons. The topological polar surface area (TPSA) is 50.1 Å².